The van der Waals surface area contributed by atoms with Crippen LogP contribution in [0, 0.1) is 0 Å². The molecule has 0 amide bonds. The molecule has 0 aromatic heterocycles. The van der Waals surface area contributed by atoms with E-state index in [4.69, 9.17) is 9.29 Å². The van der Waals surface area contributed by atoms with Gasteiger partial charge in [-0.15, -0.1) is 0 Å². The minimum atomic E-state index is -4.17. The van der Waals surface area contributed by atoms with Crippen molar-refractivity contribution in [3.8, 4) is 16.9 Å². The molecular weight excluding hydrogens is 374 g/mol. The summed E-state index contributed by atoms with van der Waals surface area (Å²) in [7, 11) is -4.17. The number of rotatable bonds is 6. The summed E-state index contributed by atoms with van der Waals surface area (Å²) in [5, 5.41) is 0. The molecule has 0 unspecified atom stereocenters. The van der Waals surface area contributed by atoms with Crippen LogP contribution in [0.15, 0.2) is 77.7 Å². The lowest BCUT2D eigenvalue weighted by atomic mass is 10.1. The molecule has 0 aliphatic carbocycles. The molecule has 1 aliphatic rings. The van der Waals surface area contributed by atoms with Gasteiger partial charge in [0.25, 0.3) is 10.1 Å². The van der Waals surface area contributed by atoms with E-state index in [1.165, 1.54) is 23.3 Å². The van der Waals surface area contributed by atoms with Crippen LogP contribution in [0.3, 0.4) is 0 Å². The van der Waals surface area contributed by atoms with Gasteiger partial charge in [0.2, 0.25) is 0 Å². The summed E-state index contributed by atoms with van der Waals surface area (Å²) in [6, 6.07) is 22.3. The van der Waals surface area contributed by atoms with Crippen LogP contribution in [0.4, 0.5) is 0 Å². The topological polar surface area (TPSA) is 66.8 Å². The maximum Gasteiger partial charge on any atom is 0.294 e. The minimum Gasteiger partial charge on any atom is -0.492 e. The van der Waals surface area contributed by atoms with Crippen molar-refractivity contribution in [1.29, 1.82) is 0 Å². The second-order valence-electron chi connectivity index (χ2n) is 6.85. The van der Waals surface area contributed by atoms with Crippen molar-refractivity contribution >= 4 is 10.1 Å². The third kappa shape index (κ3) is 4.25. The Morgan fingerprint density at radius 2 is 1.36 bits per heavy atom. The van der Waals surface area contributed by atoms with E-state index in [2.05, 4.69) is 29.2 Å². The lowest BCUT2D eigenvalue weighted by molar-refractivity contribution is 0.211. The summed E-state index contributed by atoms with van der Waals surface area (Å²) in [5.74, 6) is 0.801. The van der Waals surface area contributed by atoms with Gasteiger partial charge in [0.15, 0.2) is 0 Å². The Hall–Kier alpha value is -2.67. The molecule has 5 nitrogen and oxygen atoms in total. The highest BCUT2D eigenvalue weighted by atomic mass is 32.2. The van der Waals surface area contributed by atoms with Crippen LogP contribution in [-0.2, 0) is 23.2 Å². The number of hydrogen-bond acceptors (Lipinski definition) is 4. The summed E-state index contributed by atoms with van der Waals surface area (Å²) in [6.45, 7) is 3.43. The van der Waals surface area contributed by atoms with Crippen molar-refractivity contribution in [1.82, 2.24) is 4.90 Å². The minimum absolute atomic E-state index is 0.111. The van der Waals surface area contributed by atoms with E-state index in [0.717, 1.165) is 36.5 Å². The van der Waals surface area contributed by atoms with E-state index < -0.39 is 10.1 Å². The second kappa shape index (κ2) is 7.75. The molecule has 0 spiro atoms. The Morgan fingerprint density at radius 3 is 1.89 bits per heavy atom. The van der Waals surface area contributed by atoms with Crippen molar-refractivity contribution in [3.05, 3.63) is 83.9 Å². The molecule has 0 radical (unpaired) electrons. The number of benzene rings is 3. The predicted octanol–water partition coefficient (Wildman–Crippen LogP) is 3.99. The highest BCUT2D eigenvalue weighted by molar-refractivity contribution is 7.85. The number of fused-ring (bicyclic) bond motifs is 1. The SMILES string of the molecule is O=S(=O)(O)c1ccc(-c2ccc(OCCN3Cc4ccccc4C3)cc2)cc1. The maximum absolute atomic E-state index is 11.1. The molecule has 3 aromatic rings. The molecule has 3 aromatic carbocycles. The van der Waals surface area contributed by atoms with Gasteiger partial charge >= 0.3 is 0 Å². The van der Waals surface area contributed by atoms with Crippen molar-refractivity contribution in [2.24, 2.45) is 0 Å². The maximum atomic E-state index is 11.1. The van der Waals surface area contributed by atoms with Gasteiger partial charge in [-0.3, -0.25) is 9.45 Å². The first-order valence-electron chi connectivity index (χ1n) is 9.09. The van der Waals surface area contributed by atoms with E-state index in [0.29, 0.717) is 6.61 Å². The molecule has 0 bridgehead atoms. The fourth-order valence-electron chi connectivity index (χ4n) is 3.42. The zero-order chi connectivity index (χ0) is 19.6. The smallest absolute Gasteiger partial charge is 0.294 e. The van der Waals surface area contributed by atoms with Crippen molar-refractivity contribution < 1.29 is 17.7 Å². The number of nitrogens with zero attached hydrogens (tertiary/aromatic N) is 1. The number of ether oxygens (including phenoxy) is 1. The monoisotopic (exact) mass is 395 g/mol. The molecule has 0 saturated carbocycles. The first-order valence-corrected chi connectivity index (χ1v) is 10.5. The Balaban J connectivity index is 1.31. The Labute approximate surface area is 165 Å². The second-order valence-corrected chi connectivity index (χ2v) is 8.27. The molecule has 6 heteroatoms. The largest absolute Gasteiger partial charge is 0.492 e. The van der Waals surface area contributed by atoms with Crippen LogP contribution < -0.4 is 4.74 Å². The van der Waals surface area contributed by atoms with E-state index in [9.17, 15) is 8.42 Å². The van der Waals surface area contributed by atoms with Crippen LogP contribution >= 0.6 is 0 Å². The number of hydrogen-bond donors (Lipinski definition) is 1. The van der Waals surface area contributed by atoms with Crippen LogP contribution in [0.25, 0.3) is 11.1 Å². The van der Waals surface area contributed by atoms with Crippen LogP contribution in [0.2, 0.25) is 0 Å². The summed E-state index contributed by atoms with van der Waals surface area (Å²) in [5.41, 5.74) is 4.61. The molecule has 144 valence electrons. The standard InChI is InChI=1S/C22H21NO4S/c24-28(25,26)22-11-7-18(8-12-22)17-5-9-21(10-6-17)27-14-13-23-15-19-3-1-2-4-20(19)16-23/h1-12H,13-16H2,(H,24,25,26). The lowest BCUT2D eigenvalue weighted by Gasteiger charge is -2.15. The molecule has 0 fully saturated rings. The quantitative estimate of drug-likeness (QED) is 0.639. The average Bonchev–Trinajstić information content (AvgIpc) is 3.11. The predicted molar refractivity (Wildman–Crippen MR) is 108 cm³/mol. The van der Waals surface area contributed by atoms with Gasteiger partial charge in [-0.05, 0) is 46.5 Å². The molecule has 28 heavy (non-hydrogen) atoms. The zero-order valence-corrected chi connectivity index (χ0v) is 16.1. The lowest BCUT2D eigenvalue weighted by Crippen LogP contribution is -2.22. The summed E-state index contributed by atoms with van der Waals surface area (Å²) in [6.07, 6.45) is 0. The van der Waals surface area contributed by atoms with Crippen molar-refractivity contribution in [2.45, 2.75) is 18.0 Å². The molecule has 0 saturated heterocycles. The van der Waals surface area contributed by atoms with Crippen LogP contribution in [-0.4, -0.2) is 31.0 Å². The highest BCUT2D eigenvalue weighted by Gasteiger charge is 2.17. The molecule has 0 atom stereocenters. The zero-order valence-electron chi connectivity index (χ0n) is 15.3. The third-order valence-corrected chi connectivity index (χ3v) is 5.79. The van der Waals surface area contributed by atoms with E-state index in [1.807, 2.05) is 24.3 Å². The first kappa shape index (κ1) is 18.7. The van der Waals surface area contributed by atoms with Gasteiger partial charge in [-0.1, -0.05) is 48.5 Å². The summed E-state index contributed by atoms with van der Waals surface area (Å²) >= 11 is 0. The van der Waals surface area contributed by atoms with Crippen molar-refractivity contribution in [2.75, 3.05) is 13.2 Å². The van der Waals surface area contributed by atoms with Crippen molar-refractivity contribution in [3.63, 3.8) is 0 Å². The Kier molecular flexibility index (Phi) is 5.17. The highest BCUT2D eigenvalue weighted by Crippen LogP contribution is 2.25. The average molecular weight is 395 g/mol. The normalized spacial score (nSPS) is 14.0. The van der Waals surface area contributed by atoms with Gasteiger partial charge < -0.3 is 4.74 Å². The third-order valence-electron chi connectivity index (χ3n) is 4.92. The summed E-state index contributed by atoms with van der Waals surface area (Å²) < 4.78 is 37.2. The van der Waals surface area contributed by atoms with E-state index in [1.54, 1.807) is 12.1 Å². The molecule has 1 heterocycles. The van der Waals surface area contributed by atoms with Crippen LogP contribution in [0.5, 0.6) is 5.75 Å². The summed E-state index contributed by atoms with van der Waals surface area (Å²) in [4.78, 5) is 2.26. The fourth-order valence-corrected chi connectivity index (χ4v) is 3.90. The first-order chi connectivity index (χ1) is 13.5. The van der Waals surface area contributed by atoms with Gasteiger partial charge in [0.1, 0.15) is 12.4 Å². The fraction of sp³-hybridized carbons (Fsp3) is 0.182. The molecule has 4 rings (SSSR count). The van der Waals surface area contributed by atoms with Gasteiger partial charge in [-0.2, -0.15) is 8.42 Å². The van der Waals surface area contributed by atoms with Gasteiger partial charge in [-0.25, -0.2) is 0 Å². The molecule has 1 N–H and O–H groups in total. The van der Waals surface area contributed by atoms with Gasteiger partial charge in [0, 0.05) is 19.6 Å². The Morgan fingerprint density at radius 1 is 0.821 bits per heavy atom. The molecule has 1 aliphatic heterocycles. The van der Waals surface area contributed by atoms with E-state index in [-0.39, 0.29) is 4.90 Å². The van der Waals surface area contributed by atoms with E-state index >= 15 is 0 Å². The van der Waals surface area contributed by atoms with Crippen LogP contribution in [0.1, 0.15) is 11.1 Å². The Bertz CT molecular complexity index is 1040. The molecular formula is C22H21NO4S. The van der Waals surface area contributed by atoms with Gasteiger partial charge in [0.05, 0.1) is 4.90 Å².